The van der Waals surface area contributed by atoms with Crippen LogP contribution in [0.25, 0.3) is 0 Å². The molecule has 0 saturated carbocycles. The minimum atomic E-state index is 0.252. The Morgan fingerprint density at radius 1 is 1.38 bits per heavy atom. The van der Waals surface area contributed by atoms with Crippen molar-refractivity contribution < 1.29 is 0 Å². The zero-order valence-electron chi connectivity index (χ0n) is 11.5. The van der Waals surface area contributed by atoms with Crippen molar-refractivity contribution >= 4 is 0 Å². The molecule has 0 amide bonds. The van der Waals surface area contributed by atoms with Gasteiger partial charge in [-0.05, 0) is 31.9 Å². The number of rotatable bonds is 4. The molecule has 0 aliphatic rings. The highest BCUT2D eigenvalue weighted by Crippen LogP contribution is 2.21. The normalized spacial score (nSPS) is 14.1. The van der Waals surface area contributed by atoms with E-state index < -0.39 is 0 Å². The van der Waals surface area contributed by atoms with Crippen molar-refractivity contribution in [3.8, 4) is 0 Å². The highest BCUT2D eigenvalue weighted by atomic mass is 15.3. The van der Waals surface area contributed by atoms with Gasteiger partial charge in [-0.2, -0.15) is 5.10 Å². The molecule has 1 N–H and O–H groups in total. The smallest absolute Gasteiger partial charge is 0.0596 e. The molecule has 16 heavy (non-hydrogen) atoms. The van der Waals surface area contributed by atoms with Gasteiger partial charge in [0.1, 0.15) is 0 Å². The van der Waals surface area contributed by atoms with Gasteiger partial charge in [0.25, 0.3) is 0 Å². The summed E-state index contributed by atoms with van der Waals surface area (Å²) in [6.45, 7) is 15.1. The summed E-state index contributed by atoms with van der Waals surface area (Å²) in [5.74, 6) is 0. The van der Waals surface area contributed by atoms with Crippen LogP contribution in [-0.4, -0.2) is 22.4 Å². The van der Waals surface area contributed by atoms with Crippen LogP contribution in [0.15, 0.2) is 6.07 Å². The zero-order valence-corrected chi connectivity index (χ0v) is 11.5. The second-order valence-corrected chi connectivity index (χ2v) is 5.59. The van der Waals surface area contributed by atoms with E-state index in [9.17, 15) is 0 Å². The van der Waals surface area contributed by atoms with Crippen molar-refractivity contribution in [2.75, 3.05) is 6.54 Å². The summed E-state index contributed by atoms with van der Waals surface area (Å²) in [4.78, 5) is 0. The lowest BCUT2D eigenvalue weighted by molar-refractivity contribution is 0.237. The Balaban J connectivity index is 2.79. The molecule has 1 rings (SSSR count). The summed E-state index contributed by atoms with van der Waals surface area (Å²) < 4.78 is 2.11. The largest absolute Gasteiger partial charge is 0.312 e. The fourth-order valence-corrected chi connectivity index (χ4v) is 1.92. The number of nitrogens with one attached hydrogen (secondary N) is 1. The lowest BCUT2D eigenvalue weighted by Gasteiger charge is -2.31. The van der Waals surface area contributed by atoms with E-state index in [1.807, 2.05) is 6.92 Å². The lowest BCUT2D eigenvalue weighted by Crippen LogP contribution is -2.43. The topological polar surface area (TPSA) is 29.9 Å². The molecule has 0 aliphatic heterocycles. The van der Waals surface area contributed by atoms with Gasteiger partial charge in [-0.1, -0.05) is 27.7 Å². The maximum Gasteiger partial charge on any atom is 0.0596 e. The van der Waals surface area contributed by atoms with Crippen LogP contribution in [0.4, 0.5) is 0 Å². The molecule has 0 radical (unpaired) electrons. The minimum absolute atomic E-state index is 0.252. The molecule has 1 atom stereocenters. The number of nitrogens with zero attached hydrogens (tertiary/aromatic N) is 2. The zero-order chi connectivity index (χ0) is 12.3. The molecule has 1 heterocycles. The van der Waals surface area contributed by atoms with Gasteiger partial charge in [0, 0.05) is 11.7 Å². The van der Waals surface area contributed by atoms with Gasteiger partial charge in [-0.25, -0.2) is 0 Å². The molecule has 1 unspecified atom stereocenters. The van der Waals surface area contributed by atoms with Crippen molar-refractivity contribution in [3.63, 3.8) is 0 Å². The van der Waals surface area contributed by atoms with E-state index in [0.29, 0.717) is 6.04 Å². The van der Waals surface area contributed by atoms with Crippen LogP contribution in [0, 0.1) is 19.3 Å². The molecule has 0 bridgehead atoms. The Morgan fingerprint density at radius 3 is 2.38 bits per heavy atom. The summed E-state index contributed by atoms with van der Waals surface area (Å²) >= 11 is 0. The summed E-state index contributed by atoms with van der Waals surface area (Å²) in [5.41, 5.74) is 2.59. The van der Waals surface area contributed by atoms with Crippen molar-refractivity contribution in [3.05, 3.63) is 17.5 Å². The highest BCUT2D eigenvalue weighted by Gasteiger charge is 2.24. The number of likely N-dealkylation sites (N-methyl/N-ethyl adjacent to an activating group) is 1. The number of hydrogen-bond donors (Lipinski definition) is 1. The maximum atomic E-state index is 4.52. The van der Waals surface area contributed by atoms with Crippen LogP contribution in [0.1, 0.15) is 39.1 Å². The molecule has 3 nitrogen and oxygen atoms in total. The number of aromatic nitrogens is 2. The van der Waals surface area contributed by atoms with E-state index in [1.54, 1.807) is 0 Å². The monoisotopic (exact) mass is 223 g/mol. The molecular formula is C13H25N3. The van der Waals surface area contributed by atoms with Crippen LogP contribution in [0.2, 0.25) is 0 Å². The van der Waals surface area contributed by atoms with E-state index in [2.05, 4.69) is 55.8 Å². The maximum absolute atomic E-state index is 4.52. The summed E-state index contributed by atoms with van der Waals surface area (Å²) in [6.07, 6.45) is 0. The standard InChI is InChI=1S/C13H25N3/c1-7-14-12(13(4,5)6)9-16-11(3)8-10(2)15-16/h8,12,14H,7,9H2,1-6H3. The average molecular weight is 223 g/mol. The molecular weight excluding hydrogens is 198 g/mol. The van der Waals surface area contributed by atoms with Crippen molar-refractivity contribution in [2.24, 2.45) is 5.41 Å². The van der Waals surface area contributed by atoms with Crippen LogP contribution >= 0.6 is 0 Å². The molecule has 92 valence electrons. The van der Waals surface area contributed by atoms with Gasteiger partial charge < -0.3 is 5.32 Å². The fourth-order valence-electron chi connectivity index (χ4n) is 1.92. The molecule has 0 aliphatic carbocycles. The Morgan fingerprint density at radius 2 is 2.00 bits per heavy atom. The molecule has 0 aromatic carbocycles. The first-order valence-corrected chi connectivity index (χ1v) is 6.09. The molecule has 0 saturated heterocycles. The van der Waals surface area contributed by atoms with E-state index in [4.69, 9.17) is 0 Å². The van der Waals surface area contributed by atoms with Gasteiger partial charge >= 0.3 is 0 Å². The Hall–Kier alpha value is -0.830. The van der Waals surface area contributed by atoms with Crippen molar-refractivity contribution in [2.45, 2.75) is 54.1 Å². The minimum Gasteiger partial charge on any atom is -0.312 e. The third-order valence-corrected chi connectivity index (χ3v) is 2.95. The Kier molecular flexibility index (Phi) is 4.14. The van der Waals surface area contributed by atoms with Crippen LogP contribution in [0.5, 0.6) is 0 Å². The Labute approximate surface area is 99.2 Å². The summed E-state index contributed by atoms with van der Waals surface area (Å²) in [6, 6.07) is 2.58. The average Bonchev–Trinajstić information content (AvgIpc) is 2.43. The molecule has 0 spiro atoms. The second-order valence-electron chi connectivity index (χ2n) is 5.59. The fraction of sp³-hybridized carbons (Fsp3) is 0.769. The molecule has 3 heteroatoms. The summed E-state index contributed by atoms with van der Waals surface area (Å²) in [5, 5.41) is 8.07. The van der Waals surface area contributed by atoms with E-state index >= 15 is 0 Å². The first-order valence-electron chi connectivity index (χ1n) is 6.09. The molecule has 0 fully saturated rings. The summed E-state index contributed by atoms with van der Waals surface area (Å²) in [7, 11) is 0. The van der Waals surface area contributed by atoms with Crippen LogP contribution < -0.4 is 5.32 Å². The SMILES string of the molecule is CCNC(Cn1nc(C)cc1C)C(C)(C)C. The van der Waals surface area contributed by atoms with Gasteiger partial charge in [-0.15, -0.1) is 0 Å². The molecule has 1 aromatic heterocycles. The van der Waals surface area contributed by atoms with Gasteiger partial charge in [0.2, 0.25) is 0 Å². The first-order chi connectivity index (χ1) is 7.34. The number of aryl methyl sites for hydroxylation is 2. The first kappa shape index (κ1) is 13.2. The lowest BCUT2D eigenvalue weighted by atomic mass is 9.86. The Bertz CT molecular complexity index is 333. The van der Waals surface area contributed by atoms with E-state index in [0.717, 1.165) is 18.8 Å². The van der Waals surface area contributed by atoms with Crippen LogP contribution in [0.3, 0.4) is 0 Å². The number of hydrogen-bond acceptors (Lipinski definition) is 2. The second kappa shape index (κ2) is 5.00. The van der Waals surface area contributed by atoms with Gasteiger partial charge in [0.15, 0.2) is 0 Å². The van der Waals surface area contributed by atoms with E-state index in [-0.39, 0.29) is 5.41 Å². The molecule has 1 aromatic rings. The predicted molar refractivity (Wildman–Crippen MR) is 68.6 cm³/mol. The van der Waals surface area contributed by atoms with Crippen molar-refractivity contribution in [1.29, 1.82) is 0 Å². The van der Waals surface area contributed by atoms with Crippen LogP contribution in [-0.2, 0) is 6.54 Å². The van der Waals surface area contributed by atoms with Crippen molar-refractivity contribution in [1.82, 2.24) is 15.1 Å². The predicted octanol–water partition coefficient (Wildman–Crippen LogP) is 2.52. The highest BCUT2D eigenvalue weighted by molar-refractivity contribution is 5.07. The van der Waals surface area contributed by atoms with Gasteiger partial charge in [-0.3, -0.25) is 4.68 Å². The third-order valence-electron chi connectivity index (χ3n) is 2.95. The quantitative estimate of drug-likeness (QED) is 0.850. The van der Waals surface area contributed by atoms with Gasteiger partial charge in [0.05, 0.1) is 12.2 Å². The third kappa shape index (κ3) is 3.34. The van der Waals surface area contributed by atoms with E-state index in [1.165, 1.54) is 5.69 Å².